The second-order valence-electron chi connectivity index (χ2n) is 9.16. The molecule has 2 heteroatoms. The monoisotopic (exact) mass is 313 g/mol. The van der Waals surface area contributed by atoms with Gasteiger partial charge in [-0.05, 0) is 41.3 Å². The Labute approximate surface area is 140 Å². The lowest BCUT2D eigenvalue weighted by molar-refractivity contribution is 0.00616. The van der Waals surface area contributed by atoms with Crippen LogP contribution in [0, 0.1) is 0 Å². The second-order valence-corrected chi connectivity index (χ2v) is 9.16. The standard InChI is InChI=1S/C21H31NO/c1-20(2,3)15-9-8-14-10-19(21(4,5)6)22(18(14)11-15)16-12-17(13-16)23-7/h8-11,16-17H,12-13H2,1-7H3. The predicted molar refractivity (Wildman–Crippen MR) is 98.4 cm³/mol. The first kappa shape index (κ1) is 16.6. The van der Waals surface area contributed by atoms with Gasteiger partial charge in [0.25, 0.3) is 0 Å². The Morgan fingerprint density at radius 3 is 2.13 bits per heavy atom. The van der Waals surface area contributed by atoms with Crippen molar-refractivity contribution in [1.82, 2.24) is 4.57 Å². The van der Waals surface area contributed by atoms with Gasteiger partial charge in [-0.25, -0.2) is 0 Å². The average molecular weight is 313 g/mol. The minimum Gasteiger partial charge on any atom is -0.381 e. The first-order valence-electron chi connectivity index (χ1n) is 8.80. The number of aromatic nitrogens is 1. The SMILES string of the molecule is COC1CC(n2c(C(C)(C)C)cc3ccc(C(C)(C)C)cc32)C1. The molecule has 1 aliphatic carbocycles. The van der Waals surface area contributed by atoms with Crippen LogP contribution in [0.5, 0.6) is 0 Å². The van der Waals surface area contributed by atoms with Gasteiger partial charge in [-0.3, -0.25) is 0 Å². The van der Waals surface area contributed by atoms with E-state index in [1.807, 2.05) is 7.11 Å². The van der Waals surface area contributed by atoms with Crippen LogP contribution in [0.4, 0.5) is 0 Å². The van der Waals surface area contributed by atoms with Gasteiger partial charge in [0, 0.05) is 29.8 Å². The molecule has 2 nitrogen and oxygen atoms in total. The summed E-state index contributed by atoms with van der Waals surface area (Å²) in [6, 6.07) is 9.96. The topological polar surface area (TPSA) is 14.2 Å². The Morgan fingerprint density at radius 1 is 0.957 bits per heavy atom. The number of hydrogen-bond acceptors (Lipinski definition) is 1. The van der Waals surface area contributed by atoms with Gasteiger partial charge in [0.15, 0.2) is 0 Å². The molecule has 0 unspecified atom stereocenters. The summed E-state index contributed by atoms with van der Waals surface area (Å²) in [6.45, 7) is 13.8. The highest BCUT2D eigenvalue weighted by Crippen LogP contribution is 2.42. The number of fused-ring (bicyclic) bond motifs is 1. The van der Waals surface area contributed by atoms with Crippen molar-refractivity contribution in [2.45, 2.75) is 77.4 Å². The third-order valence-corrected chi connectivity index (χ3v) is 5.24. The number of rotatable bonds is 2. The van der Waals surface area contributed by atoms with Crippen LogP contribution in [0.25, 0.3) is 10.9 Å². The highest BCUT2D eigenvalue weighted by molar-refractivity contribution is 5.83. The molecule has 0 spiro atoms. The van der Waals surface area contributed by atoms with Crippen LogP contribution in [0.1, 0.15) is 71.7 Å². The van der Waals surface area contributed by atoms with Crippen molar-refractivity contribution in [3.05, 3.63) is 35.5 Å². The van der Waals surface area contributed by atoms with E-state index in [0.29, 0.717) is 12.1 Å². The zero-order valence-corrected chi connectivity index (χ0v) is 15.7. The molecule has 1 saturated carbocycles. The lowest BCUT2D eigenvalue weighted by atomic mass is 9.85. The van der Waals surface area contributed by atoms with Gasteiger partial charge < -0.3 is 9.30 Å². The molecule has 1 aromatic heterocycles. The molecular weight excluding hydrogens is 282 g/mol. The number of benzene rings is 1. The molecule has 0 atom stereocenters. The van der Waals surface area contributed by atoms with Crippen molar-refractivity contribution in [3.8, 4) is 0 Å². The first-order chi connectivity index (χ1) is 10.6. The fourth-order valence-corrected chi connectivity index (χ4v) is 3.60. The molecule has 1 aromatic carbocycles. The van der Waals surface area contributed by atoms with Crippen molar-refractivity contribution in [2.75, 3.05) is 7.11 Å². The molecule has 3 rings (SSSR count). The minimum absolute atomic E-state index is 0.152. The van der Waals surface area contributed by atoms with Crippen LogP contribution >= 0.6 is 0 Å². The Kier molecular flexibility index (Phi) is 3.87. The molecule has 23 heavy (non-hydrogen) atoms. The summed E-state index contributed by atoms with van der Waals surface area (Å²) in [7, 11) is 1.83. The molecule has 1 aliphatic rings. The van der Waals surface area contributed by atoms with Crippen molar-refractivity contribution < 1.29 is 4.74 Å². The van der Waals surface area contributed by atoms with Crippen molar-refractivity contribution >= 4 is 10.9 Å². The van der Waals surface area contributed by atoms with Crippen molar-refractivity contribution in [1.29, 1.82) is 0 Å². The van der Waals surface area contributed by atoms with E-state index in [9.17, 15) is 0 Å². The van der Waals surface area contributed by atoms with E-state index in [2.05, 4.69) is 70.4 Å². The third-order valence-electron chi connectivity index (χ3n) is 5.24. The van der Waals surface area contributed by atoms with E-state index in [4.69, 9.17) is 4.74 Å². The Bertz CT molecular complexity index is 706. The zero-order chi connectivity index (χ0) is 17.0. The van der Waals surface area contributed by atoms with Gasteiger partial charge in [-0.2, -0.15) is 0 Å². The van der Waals surface area contributed by atoms with Crippen LogP contribution in [0.2, 0.25) is 0 Å². The van der Waals surface area contributed by atoms with Gasteiger partial charge >= 0.3 is 0 Å². The van der Waals surface area contributed by atoms with Crippen LogP contribution in [-0.2, 0) is 15.6 Å². The Hall–Kier alpha value is -1.28. The van der Waals surface area contributed by atoms with Crippen LogP contribution in [-0.4, -0.2) is 17.8 Å². The molecule has 126 valence electrons. The maximum atomic E-state index is 5.52. The molecular formula is C21H31NO. The van der Waals surface area contributed by atoms with E-state index in [0.717, 1.165) is 12.8 Å². The van der Waals surface area contributed by atoms with Crippen LogP contribution < -0.4 is 0 Å². The van der Waals surface area contributed by atoms with Gasteiger partial charge in [0.2, 0.25) is 0 Å². The lowest BCUT2D eigenvalue weighted by Gasteiger charge is -2.38. The maximum absolute atomic E-state index is 5.52. The normalized spacial score (nSPS) is 22.4. The molecule has 0 aliphatic heterocycles. The highest BCUT2D eigenvalue weighted by atomic mass is 16.5. The van der Waals surface area contributed by atoms with E-state index < -0.39 is 0 Å². The van der Waals surface area contributed by atoms with Gasteiger partial charge in [0.05, 0.1) is 6.10 Å². The summed E-state index contributed by atoms with van der Waals surface area (Å²) in [5, 5.41) is 1.36. The highest BCUT2D eigenvalue weighted by Gasteiger charge is 2.34. The zero-order valence-electron chi connectivity index (χ0n) is 15.7. The fourth-order valence-electron chi connectivity index (χ4n) is 3.60. The summed E-state index contributed by atoms with van der Waals surface area (Å²) in [4.78, 5) is 0. The first-order valence-corrected chi connectivity index (χ1v) is 8.80. The van der Waals surface area contributed by atoms with Gasteiger partial charge in [-0.15, -0.1) is 0 Å². The smallest absolute Gasteiger partial charge is 0.0610 e. The van der Waals surface area contributed by atoms with Crippen molar-refractivity contribution in [3.63, 3.8) is 0 Å². The molecule has 0 saturated heterocycles. The summed E-state index contributed by atoms with van der Waals surface area (Å²) in [6.07, 6.45) is 2.68. The van der Waals surface area contributed by atoms with E-state index >= 15 is 0 Å². The second kappa shape index (κ2) is 5.37. The summed E-state index contributed by atoms with van der Waals surface area (Å²) < 4.78 is 8.11. The number of methoxy groups -OCH3 is 1. The quantitative estimate of drug-likeness (QED) is 0.705. The number of nitrogens with zero attached hydrogens (tertiary/aromatic N) is 1. The summed E-state index contributed by atoms with van der Waals surface area (Å²) >= 11 is 0. The van der Waals surface area contributed by atoms with Crippen molar-refractivity contribution in [2.24, 2.45) is 0 Å². The van der Waals surface area contributed by atoms with Gasteiger partial charge in [0.1, 0.15) is 0 Å². The van der Waals surface area contributed by atoms with Crippen LogP contribution in [0.15, 0.2) is 24.3 Å². The molecule has 0 N–H and O–H groups in total. The average Bonchev–Trinajstić information content (AvgIpc) is 2.75. The fraction of sp³-hybridized carbons (Fsp3) is 0.619. The Morgan fingerprint density at radius 2 is 1.61 bits per heavy atom. The number of hydrogen-bond donors (Lipinski definition) is 0. The predicted octanol–water partition coefficient (Wildman–Crippen LogP) is 5.59. The maximum Gasteiger partial charge on any atom is 0.0610 e. The molecule has 1 heterocycles. The summed E-state index contributed by atoms with van der Waals surface area (Å²) in [5.74, 6) is 0. The Balaban J connectivity index is 2.16. The van der Waals surface area contributed by atoms with E-state index in [1.54, 1.807) is 0 Å². The largest absolute Gasteiger partial charge is 0.381 e. The van der Waals surface area contributed by atoms with E-state index in [1.165, 1.54) is 22.2 Å². The molecule has 1 fully saturated rings. The molecule has 0 bridgehead atoms. The molecule has 0 amide bonds. The molecule has 2 aromatic rings. The number of ether oxygens (including phenoxy) is 1. The lowest BCUT2D eigenvalue weighted by Crippen LogP contribution is -2.34. The third kappa shape index (κ3) is 2.94. The minimum atomic E-state index is 0.152. The van der Waals surface area contributed by atoms with E-state index in [-0.39, 0.29) is 10.8 Å². The van der Waals surface area contributed by atoms with Crippen LogP contribution in [0.3, 0.4) is 0 Å². The molecule has 0 radical (unpaired) electrons. The van der Waals surface area contributed by atoms with Gasteiger partial charge in [-0.1, -0.05) is 53.7 Å². The summed E-state index contributed by atoms with van der Waals surface area (Å²) in [5.41, 5.74) is 4.58.